The average molecular weight is 379 g/mol. The van der Waals surface area contributed by atoms with E-state index in [4.69, 9.17) is 9.15 Å². The third-order valence-electron chi connectivity index (χ3n) is 4.48. The van der Waals surface area contributed by atoms with E-state index in [2.05, 4.69) is 0 Å². The molecule has 2 heterocycles. The van der Waals surface area contributed by atoms with E-state index in [1.54, 1.807) is 4.90 Å². The number of benzene rings is 1. The number of aryl methyl sites for hydroxylation is 1. The van der Waals surface area contributed by atoms with E-state index >= 15 is 0 Å². The molecule has 1 unspecified atom stereocenters. The van der Waals surface area contributed by atoms with E-state index in [1.165, 1.54) is 13.0 Å². The van der Waals surface area contributed by atoms with Crippen molar-refractivity contribution in [2.45, 2.75) is 19.3 Å². The van der Waals surface area contributed by atoms with Crippen molar-refractivity contribution in [1.82, 2.24) is 4.90 Å². The normalized spacial score (nSPS) is 15.6. The second-order valence-corrected chi connectivity index (χ2v) is 6.36. The summed E-state index contributed by atoms with van der Waals surface area (Å²) in [5.41, 5.74) is -0.445. The minimum absolute atomic E-state index is 0.146. The number of hydrogen-bond donors (Lipinski definition) is 1. The Morgan fingerprint density at radius 3 is 2.59 bits per heavy atom. The molecule has 1 fully saturated rings. The van der Waals surface area contributed by atoms with Crippen molar-refractivity contribution in [2.75, 3.05) is 26.3 Å². The molecule has 0 aliphatic carbocycles. The Hall–Kier alpha value is -2.74. The van der Waals surface area contributed by atoms with Gasteiger partial charge in [-0.05, 0) is 24.6 Å². The molecule has 6 nitrogen and oxygen atoms in total. The van der Waals surface area contributed by atoms with Crippen molar-refractivity contribution in [1.29, 1.82) is 0 Å². The topological polar surface area (TPSA) is 80.0 Å². The first-order chi connectivity index (χ1) is 12.9. The third-order valence-corrected chi connectivity index (χ3v) is 4.48. The number of hydrogen-bond acceptors (Lipinski definition) is 5. The second kappa shape index (κ2) is 7.87. The SMILES string of the molecule is Cc1cc(=O)c(O)c(C(CC(=O)N2CCOCC2)c2ccc(F)c(F)c2)o1. The fourth-order valence-corrected chi connectivity index (χ4v) is 3.07. The lowest BCUT2D eigenvalue weighted by atomic mass is 9.91. The summed E-state index contributed by atoms with van der Waals surface area (Å²) in [6, 6.07) is 4.29. The minimum atomic E-state index is -1.09. The van der Waals surface area contributed by atoms with Gasteiger partial charge >= 0.3 is 0 Å². The summed E-state index contributed by atoms with van der Waals surface area (Å²) >= 11 is 0. The van der Waals surface area contributed by atoms with Gasteiger partial charge in [0.2, 0.25) is 17.1 Å². The maximum atomic E-state index is 13.8. The number of carbonyl (C=O) groups is 1. The van der Waals surface area contributed by atoms with Crippen molar-refractivity contribution >= 4 is 5.91 Å². The smallest absolute Gasteiger partial charge is 0.227 e. The largest absolute Gasteiger partial charge is 0.502 e. The lowest BCUT2D eigenvalue weighted by Gasteiger charge is -2.28. The fraction of sp³-hybridized carbons (Fsp3) is 0.368. The first-order valence-corrected chi connectivity index (χ1v) is 8.51. The molecule has 1 atom stereocenters. The average Bonchev–Trinajstić information content (AvgIpc) is 2.66. The van der Waals surface area contributed by atoms with Gasteiger partial charge in [-0.25, -0.2) is 8.78 Å². The molecule has 3 rings (SSSR count). The van der Waals surface area contributed by atoms with Crippen molar-refractivity contribution in [3.8, 4) is 5.75 Å². The number of carbonyl (C=O) groups excluding carboxylic acids is 1. The van der Waals surface area contributed by atoms with Gasteiger partial charge in [-0.2, -0.15) is 0 Å². The number of halogens is 2. The highest BCUT2D eigenvalue weighted by Gasteiger charge is 2.29. The van der Waals surface area contributed by atoms with Crippen LogP contribution in [0.15, 0.2) is 33.5 Å². The summed E-state index contributed by atoms with van der Waals surface area (Å²) in [5.74, 6) is -3.89. The minimum Gasteiger partial charge on any atom is -0.502 e. The first-order valence-electron chi connectivity index (χ1n) is 8.51. The summed E-state index contributed by atoms with van der Waals surface area (Å²) in [7, 11) is 0. The Labute approximate surface area is 154 Å². The lowest BCUT2D eigenvalue weighted by molar-refractivity contribution is -0.135. The molecule has 0 radical (unpaired) electrons. The van der Waals surface area contributed by atoms with E-state index in [9.17, 15) is 23.5 Å². The zero-order valence-corrected chi connectivity index (χ0v) is 14.7. The molecular weight excluding hydrogens is 360 g/mol. The highest BCUT2D eigenvalue weighted by molar-refractivity contribution is 5.78. The van der Waals surface area contributed by atoms with Gasteiger partial charge in [0.15, 0.2) is 17.4 Å². The van der Waals surface area contributed by atoms with Crippen LogP contribution in [0.2, 0.25) is 0 Å². The van der Waals surface area contributed by atoms with Gasteiger partial charge in [0, 0.05) is 25.6 Å². The quantitative estimate of drug-likeness (QED) is 0.882. The molecule has 8 heteroatoms. The zero-order valence-electron chi connectivity index (χ0n) is 14.7. The van der Waals surface area contributed by atoms with Crippen LogP contribution in [0.5, 0.6) is 5.75 Å². The summed E-state index contributed by atoms with van der Waals surface area (Å²) < 4.78 is 37.8. The maximum Gasteiger partial charge on any atom is 0.227 e. The Balaban J connectivity index is 2.02. The van der Waals surface area contributed by atoms with Crippen LogP contribution in [0.25, 0.3) is 0 Å². The van der Waals surface area contributed by atoms with E-state index in [0.29, 0.717) is 26.3 Å². The number of nitrogens with zero attached hydrogens (tertiary/aromatic N) is 1. The second-order valence-electron chi connectivity index (χ2n) is 6.36. The monoisotopic (exact) mass is 379 g/mol. The van der Waals surface area contributed by atoms with Gasteiger partial charge in [0.25, 0.3) is 0 Å². The molecule has 1 saturated heterocycles. The number of morpholine rings is 1. The van der Waals surface area contributed by atoms with E-state index < -0.39 is 28.7 Å². The van der Waals surface area contributed by atoms with Crippen LogP contribution in [-0.4, -0.2) is 42.2 Å². The van der Waals surface area contributed by atoms with Crippen LogP contribution in [0.4, 0.5) is 8.78 Å². The van der Waals surface area contributed by atoms with E-state index in [0.717, 1.165) is 18.2 Å². The summed E-state index contributed by atoms with van der Waals surface area (Å²) in [5, 5.41) is 10.2. The molecule has 27 heavy (non-hydrogen) atoms. The molecule has 144 valence electrons. The van der Waals surface area contributed by atoms with Crippen LogP contribution in [0, 0.1) is 18.6 Å². The van der Waals surface area contributed by atoms with Crippen LogP contribution < -0.4 is 5.43 Å². The Kier molecular flexibility index (Phi) is 5.55. The Bertz CT molecular complexity index is 905. The Morgan fingerprint density at radius 2 is 1.93 bits per heavy atom. The number of ether oxygens (including phenoxy) is 1. The molecule has 1 aromatic heterocycles. The van der Waals surface area contributed by atoms with E-state index in [-0.39, 0.29) is 29.4 Å². The molecular formula is C19H19F2NO5. The molecule has 0 bridgehead atoms. The maximum absolute atomic E-state index is 13.8. The summed E-state index contributed by atoms with van der Waals surface area (Å²) in [4.78, 5) is 26.2. The molecule has 0 saturated carbocycles. The third kappa shape index (κ3) is 4.16. The fourth-order valence-electron chi connectivity index (χ4n) is 3.07. The predicted molar refractivity (Wildman–Crippen MR) is 91.6 cm³/mol. The van der Waals surface area contributed by atoms with Crippen LogP contribution in [0.1, 0.15) is 29.4 Å². The van der Waals surface area contributed by atoms with Crippen molar-refractivity contribution in [2.24, 2.45) is 0 Å². The molecule has 0 spiro atoms. The molecule has 1 N–H and O–H groups in total. The van der Waals surface area contributed by atoms with Crippen LogP contribution >= 0.6 is 0 Å². The highest BCUT2D eigenvalue weighted by atomic mass is 19.2. The highest BCUT2D eigenvalue weighted by Crippen LogP contribution is 2.34. The molecule has 1 amide bonds. The van der Waals surface area contributed by atoms with Gasteiger partial charge in [-0.15, -0.1) is 0 Å². The van der Waals surface area contributed by atoms with Crippen molar-refractivity contribution in [3.05, 3.63) is 63.2 Å². The number of amides is 1. The van der Waals surface area contributed by atoms with Gasteiger partial charge in [-0.1, -0.05) is 6.07 Å². The van der Waals surface area contributed by atoms with E-state index in [1.807, 2.05) is 0 Å². The first kappa shape index (κ1) is 19.0. The number of rotatable bonds is 4. The molecule has 1 aromatic carbocycles. The van der Waals surface area contributed by atoms with Gasteiger partial charge < -0.3 is 19.2 Å². The molecule has 1 aliphatic rings. The zero-order chi connectivity index (χ0) is 19.6. The lowest BCUT2D eigenvalue weighted by Crippen LogP contribution is -2.41. The summed E-state index contributed by atoms with van der Waals surface area (Å²) in [6.07, 6.45) is -0.176. The van der Waals surface area contributed by atoms with Gasteiger partial charge in [-0.3, -0.25) is 9.59 Å². The Morgan fingerprint density at radius 1 is 1.22 bits per heavy atom. The van der Waals surface area contributed by atoms with Gasteiger partial charge in [0.05, 0.1) is 19.1 Å². The predicted octanol–water partition coefficient (Wildman–Crippen LogP) is 2.31. The standard InChI is InChI=1S/C19H19F2NO5/c1-11-8-16(23)18(25)19(27-11)13(12-2-3-14(20)15(21)9-12)10-17(24)22-4-6-26-7-5-22/h2-3,8-9,13,25H,4-7,10H2,1H3. The number of aromatic hydroxyl groups is 1. The summed E-state index contributed by atoms with van der Waals surface area (Å²) in [6.45, 7) is 3.16. The van der Waals surface area contributed by atoms with Gasteiger partial charge in [0.1, 0.15) is 5.76 Å². The van der Waals surface area contributed by atoms with Crippen molar-refractivity contribution in [3.63, 3.8) is 0 Å². The van der Waals surface area contributed by atoms with Crippen molar-refractivity contribution < 1.29 is 27.8 Å². The van der Waals surface area contributed by atoms with Crippen LogP contribution in [-0.2, 0) is 9.53 Å². The van der Waals surface area contributed by atoms with Crippen LogP contribution in [0.3, 0.4) is 0 Å². The molecule has 2 aromatic rings. The molecule has 1 aliphatic heterocycles.